The molecule has 1 amide bonds. The number of benzene rings is 1. The number of aliphatic hydroxyl groups is 1. The molecule has 134 valence electrons. The maximum atomic E-state index is 12.0. The van der Waals surface area contributed by atoms with Crippen LogP contribution < -0.4 is 10.2 Å². The number of hydrogen-bond acceptors (Lipinski definition) is 4. The molecule has 0 radical (unpaired) electrons. The van der Waals surface area contributed by atoms with E-state index in [0.29, 0.717) is 19.0 Å². The van der Waals surface area contributed by atoms with Gasteiger partial charge >= 0.3 is 0 Å². The molecular weight excluding hydrogens is 302 g/mol. The lowest BCUT2D eigenvalue weighted by molar-refractivity contribution is -0.122. The SMILES string of the molecule is CC(O)C1CCN(CC(=O)NCCCN(C)c2ccccc2)CC1. The lowest BCUT2D eigenvalue weighted by Crippen LogP contribution is -2.43. The second-order valence-corrected chi connectivity index (χ2v) is 6.81. The van der Waals surface area contributed by atoms with Crippen molar-refractivity contribution < 1.29 is 9.90 Å². The lowest BCUT2D eigenvalue weighted by atomic mass is 9.92. The Morgan fingerprint density at radius 2 is 2.00 bits per heavy atom. The Balaban J connectivity index is 1.57. The van der Waals surface area contributed by atoms with Crippen molar-refractivity contribution in [3.63, 3.8) is 0 Å². The van der Waals surface area contributed by atoms with Crippen LogP contribution in [0.4, 0.5) is 5.69 Å². The second-order valence-electron chi connectivity index (χ2n) is 6.81. The van der Waals surface area contributed by atoms with Crippen molar-refractivity contribution in [2.24, 2.45) is 5.92 Å². The topological polar surface area (TPSA) is 55.8 Å². The number of nitrogens with one attached hydrogen (secondary N) is 1. The van der Waals surface area contributed by atoms with Crippen LogP contribution in [0.25, 0.3) is 0 Å². The minimum Gasteiger partial charge on any atom is -0.393 e. The van der Waals surface area contributed by atoms with Crippen molar-refractivity contribution in [2.75, 3.05) is 44.7 Å². The maximum absolute atomic E-state index is 12.0. The van der Waals surface area contributed by atoms with E-state index in [1.807, 2.05) is 25.1 Å². The quantitative estimate of drug-likeness (QED) is 0.711. The van der Waals surface area contributed by atoms with E-state index >= 15 is 0 Å². The Bertz CT molecular complexity index is 485. The highest BCUT2D eigenvalue weighted by Gasteiger charge is 2.23. The molecule has 5 nitrogen and oxygen atoms in total. The summed E-state index contributed by atoms with van der Waals surface area (Å²) in [5.74, 6) is 0.491. The molecule has 0 spiro atoms. The number of para-hydroxylation sites is 1. The highest BCUT2D eigenvalue weighted by atomic mass is 16.3. The van der Waals surface area contributed by atoms with E-state index in [4.69, 9.17) is 0 Å². The predicted molar refractivity (Wildman–Crippen MR) is 98.2 cm³/mol. The van der Waals surface area contributed by atoms with E-state index in [0.717, 1.165) is 38.9 Å². The summed E-state index contributed by atoms with van der Waals surface area (Å²) in [5.41, 5.74) is 1.20. The number of aliphatic hydroxyl groups excluding tert-OH is 1. The molecule has 1 aromatic carbocycles. The van der Waals surface area contributed by atoms with E-state index in [1.165, 1.54) is 5.69 Å². The number of likely N-dealkylation sites (tertiary alicyclic amines) is 1. The lowest BCUT2D eigenvalue weighted by Gasteiger charge is -2.32. The first-order valence-corrected chi connectivity index (χ1v) is 8.99. The molecule has 5 heteroatoms. The van der Waals surface area contributed by atoms with Crippen LogP contribution in [-0.4, -0.2) is 61.8 Å². The van der Waals surface area contributed by atoms with Crippen LogP contribution in [0.5, 0.6) is 0 Å². The zero-order chi connectivity index (χ0) is 17.4. The number of hydrogen-bond donors (Lipinski definition) is 2. The molecule has 1 aromatic rings. The summed E-state index contributed by atoms with van der Waals surface area (Å²) in [7, 11) is 2.07. The predicted octanol–water partition coefficient (Wildman–Crippen LogP) is 1.72. The summed E-state index contributed by atoms with van der Waals surface area (Å²) in [5, 5.41) is 12.6. The molecule has 0 bridgehead atoms. The minimum absolute atomic E-state index is 0.105. The van der Waals surface area contributed by atoms with Gasteiger partial charge in [-0.3, -0.25) is 9.69 Å². The van der Waals surface area contributed by atoms with Gasteiger partial charge in [-0.15, -0.1) is 0 Å². The molecule has 2 N–H and O–H groups in total. The summed E-state index contributed by atoms with van der Waals surface area (Å²) >= 11 is 0. The average Bonchev–Trinajstić information content (AvgIpc) is 2.59. The monoisotopic (exact) mass is 333 g/mol. The standard InChI is InChI=1S/C19H31N3O2/c1-16(23)17-9-13-22(14-10-17)15-19(24)20-11-6-12-21(2)18-7-4-3-5-8-18/h3-5,7-8,16-17,23H,6,9-15H2,1-2H3,(H,20,24). The smallest absolute Gasteiger partial charge is 0.234 e. The summed E-state index contributed by atoms with van der Waals surface area (Å²) in [6.07, 6.45) is 2.66. The van der Waals surface area contributed by atoms with Gasteiger partial charge in [0.2, 0.25) is 5.91 Å². The molecule has 1 aliphatic rings. The van der Waals surface area contributed by atoms with Crippen LogP contribution in [0.3, 0.4) is 0 Å². The molecule has 1 saturated heterocycles. The third-order valence-electron chi connectivity index (χ3n) is 4.87. The van der Waals surface area contributed by atoms with Gasteiger partial charge < -0.3 is 15.3 Å². The first-order chi connectivity index (χ1) is 11.6. The van der Waals surface area contributed by atoms with Crippen molar-refractivity contribution >= 4 is 11.6 Å². The van der Waals surface area contributed by atoms with Crippen LogP contribution in [-0.2, 0) is 4.79 Å². The molecule has 24 heavy (non-hydrogen) atoms. The summed E-state index contributed by atoms with van der Waals surface area (Å²) in [6.45, 7) is 5.77. The normalized spacial score (nSPS) is 17.5. The molecule has 0 saturated carbocycles. The van der Waals surface area contributed by atoms with Gasteiger partial charge in [0.15, 0.2) is 0 Å². The number of piperidine rings is 1. The molecule has 2 rings (SSSR count). The molecule has 1 aliphatic heterocycles. The highest BCUT2D eigenvalue weighted by molar-refractivity contribution is 5.77. The molecule has 1 unspecified atom stereocenters. The van der Waals surface area contributed by atoms with Crippen molar-refractivity contribution in [1.29, 1.82) is 0 Å². The zero-order valence-corrected chi connectivity index (χ0v) is 14.9. The second kappa shape index (κ2) is 9.64. The molecule has 1 heterocycles. The number of anilines is 1. The number of carbonyl (C=O) groups is 1. The minimum atomic E-state index is -0.234. The summed E-state index contributed by atoms with van der Waals surface area (Å²) < 4.78 is 0. The van der Waals surface area contributed by atoms with Gasteiger partial charge in [-0.05, 0) is 57.3 Å². The van der Waals surface area contributed by atoms with Gasteiger partial charge in [-0.1, -0.05) is 18.2 Å². The molecular formula is C19H31N3O2. The van der Waals surface area contributed by atoms with Gasteiger partial charge in [-0.25, -0.2) is 0 Å². The van der Waals surface area contributed by atoms with E-state index < -0.39 is 0 Å². The Kier molecular flexibility index (Phi) is 7.53. The fourth-order valence-corrected chi connectivity index (χ4v) is 3.21. The van der Waals surface area contributed by atoms with E-state index in [2.05, 4.69) is 34.3 Å². The number of amides is 1. The Hall–Kier alpha value is -1.59. The van der Waals surface area contributed by atoms with Gasteiger partial charge in [0.1, 0.15) is 0 Å². The van der Waals surface area contributed by atoms with E-state index in [-0.39, 0.29) is 12.0 Å². The highest BCUT2D eigenvalue weighted by Crippen LogP contribution is 2.20. The Morgan fingerprint density at radius 1 is 1.33 bits per heavy atom. The van der Waals surface area contributed by atoms with Crippen molar-refractivity contribution in [2.45, 2.75) is 32.3 Å². The average molecular weight is 333 g/mol. The fraction of sp³-hybridized carbons (Fsp3) is 0.632. The van der Waals surface area contributed by atoms with Crippen LogP contribution >= 0.6 is 0 Å². The van der Waals surface area contributed by atoms with Crippen LogP contribution in [0.15, 0.2) is 30.3 Å². The van der Waals surface area contributed by atoms with Crippen LogP contribution in [0.1, 0.15) is 26.2 Å². The molecule has 1 fully saturated rings. The van der Waals surface area contributed by atoms with Gasteiger partial charge in [0.05, 0.1) is 12.6 Å². The Labute approximate surface area is 145 Å². The van der Waals surface area contributed by atoms with Gasteiger partial charge in [0, 0.05) is 25.8 Å². The van der Waals surface area contributed by atoms with Crippen molar-refractivity contribution in [3.05, 3.63) is 30.3 Å². The first-order valence-electron chi connectivity index (χ1n) is 8.99. The van der Waals surface area contributed by atoms with E-state index in [1.54, 1.807) is 0 Å². The molecule has 0 aromatic heterocycles. The molecule has 1 atom stereocenters. The van der Waals surface area contributed by atoms with Crippen molar-refractivity contribution in [3.8, 4) is 0 Å². The summed E-state index contributed by atoms with van der Waals surface area (Å²) in [4.78, 5) is 16.4. The number of rotatable bonds is 8. The van der Waals surface area contributed by atoms with Gasteiger partial charge in [-0.2, -0.15) is 0 Å². The summed E-state index contributed by atoms with van der Waals surface area (Å²) in [6, 6.07) is 10.3. The van der Waals surface area contributed by atoms with Gasteiger partial charge in [0.25, 0.3) is 0 Å². The largest absolute Gasteiger partial charge is 0.393 e. The third kappa shape index (κ3) is 6.13. The number of nitrogens with zero attached hydrogens (tertiary/aromatic N) is 2. The fourth-order valence-electron chi connectivity index (χ4n) is 3.21. The van der Waals surface area contributed by atoms with Crippen LogP contribution in [0.2, 0.25) is 0 Å². The molecule has 0 aliphatic carbocycles. The first kappa shape index (κ1) is 18.7. The van der Waals surface area contributed by atoms with Crippen molar-refractivity contribution in [1.82, 2.24) is 10.2 Å². The number of carbonyl (C=O) groups excluding carboxylic acids is 1. The third-order valence-corrected chi connectivity index (χ3v) is 4.87. The van der Waals surface area contributed by atoms with E-state index in [9.17, 15) is 9.90 Å². The maximum Gasteiger partial charge on any atom is 0.234 e. The van der Waals surface area contributed by atoms with Crippen LogP contribution in [0, 0.1) is 5.92 Å². The Morgan fingerprint density at radius 3 is 2.62 bits per heavy atom. The zero-order valence-electron chi connectivity index (χ0n) is 14.9.